The molecule has 2 heterocycles. The van der Waals surface area contributed by atoms with Gasteiger partial charge < -0.3 is 10.1 Å². The summed E-state index contributed by atoms with van der Waals surface area (Å²) in [4.78, 5) is 13.0. The van der Waals surface area contributed by atoms with E-state index in [4.69, 9.17) is 4.74 Å². The van der Waals surface area contributed by atoms with E-state index in [9.17, 15) is 4.79 Å². The van der Waals surface area contributed by atoms with Crippen molar-refractivity contribution in [3.63, 3.8) is 0 Å². The Hall–Kier alpha value is -1.43. The minimum Gasteiger partial charge on any atom is -0.379 e. The van der Waals surface area contributed by atoms with Crippen molar-refractivity contribution in [3.8, 4) is 0 Å². The molecular formula is C16H23N3O2. The van der Waals surface area contributed by atoms with E-state index >= 15 is 0 Å². The SMILES string of the molecule is O=C(NN1CCOCC1)C1(c2ccccc2)CCNCC1. The van der Waals surface area contributed by atoms with Gasteiger partial charge in [-0.2, -0.15) is 0 Å². The lowest BCUT2D eigenvalue weighted by atomic mass is 9.72. The van der Waals surface area contributed by atoms with Gasteiger partial charge in [0.25, 0.3) is 0 Å². The number of benzene rings is 1. The van der Waals surface area contributed by atoms with Crippen LogP contribution in [0.15, 0.2) is 30.3 Å². The number of hydrogen-bond acceptors (Lipinski definition) is 4. The fourth-order valence-corrected chi connectivity index (χ4v) is 3.18. The van der Waals surface area contributed by atoms with Crippen molar-refractivity contribution in [1.29, 1.82) is 0 Å². The Morgan fingerprint density at radius 3 is 2.48 bits per heavy atom. The standard InChI is InChI=1S/C16H23N3O2/c20-15(18-19-10-12-21-13-11-19)16(6-8-17-9-7-16)14-4-2-1-3-5-14/h1-5,17H,6-13H2,(H,18,20). The maximum absolute atomic E-state index is 13.0. The van der Waals surface area contributed by atoms with Crippen LogP contribution in [0.4, 0.5) is 0 Å². The fraction of sp³-hybridized carbons (Fsp3) is 0.562. The quantitative estimate of drug-likeness (QED) is 0.859. The summed E-state index contributed by atoms with van der Waals surface area (Å²) in [6, 6.07) is 10.2. The second-order valence-electron chi connectivity index (χ2n) is 5.74. The molecule has 0 radical (unpaired) electrons. The van der Waals surface area contributed by atoms with Crippen LogP contribution >= 0.6 is 0 Å². The van der Waals surface area contributed by atoms with Gasteiger partial charge in [-0.3, -0.25) is 10.2 Å². The monoisotopic (exact) mass is 289 g/mol. The third kappa shape index (κ3) is 3.10. The van der Waals surface area contributed by atoms with Crippen molar-refractivity contribution < 1.29 is 9.53 Å². The molecule has 114 valence electrons. The Morgan fingerprint density at radius 2 is 1.81 bits per heavy atom. The van der Waals surface area contributed by atoms with Gasteiger partial charge in [0.15, 0.2) is 0 Å². The van der Waals surface area contributed by atoms with Crippen molar-refractivity contribution >= 4 is 5.91 Å². The molecule has 0 aliphatic carbocycles. The molecule has 1 aromatic rings. The molecule has 0 atom stereocenters. The number of ether oxygens (including phenoxy) is 1. The van der Waals surface area contributed by atoms with Gasteiger partial charge in [0, 0.05) is 13.1 Å². The largest absolute Gasteiger partial charge is 0.379 e. The number of hydrazine groups is 1. The number of nitrogens with one attached hydrogen (secondary N) is 2. The number of carbonyl (C=O) groups excluding carboxylic acids is 1. The highest BCUT2D eigenvalue weighted by molar-refractivity contribution is 5.88. The minimum absolute atomic E-state index is 0.122. The lowest BCUT2D eigenvalue weighted by Gasteiger charge is -2.39. The Bertz CT molecular complexity index is 466. The first-order valence-electron chi connectivity index (χ1n) is 7.71. The molecular weight excluding hydrogens is 266 g/mol. The number of rotatable bonds is 3. The van der Waals surface area contributed by atoms with Crippen LogP contribution in [-0.2, 0) is 14.9 Å². The highest BCUT2D eigenvalue weighted by atomic mass is 16.5. The average Bonchev–Trinajstić information content (AvgIpc) is 2.57. The Balaban J connectivity index is 1.79. The van der Waals surface area contributed by atoms with Crippen LogP contribution in [0.3, 0.4) is 0 Å². The summed E-state index contributed by atoms with van der Waals surface area (Å²) in [6.45, 7) is 4.64. The van der Waals surface area contributed by atoms with Crippen molar-refractivity contribution in [2.45, 2.75) is 18.3 Å². The van der Waals surface area contributed by atoms with Crippen molar-refractivity contribution in [3.05, 3.63) is 35.9 Å². The van der Waals surface area contributed by atoms with Gasteiger partial charge in [0.2, 0.25) is 5.91 Å². The minimum atomic E-state index is -0.412. The van der Waals surface area contributed by atoms with E-state index in [2.05, 4.69) is 22.9 Å². The second-order valence-corrected chi connectivity index (χ2v) is 5.74. The molecule has 3 rings (SSSR count). The van der Waals surface area contributed by atoms with Gasteiger partial charge in [-0.25, -0.2) is 5.01 Å². The molecule has 2 aliphatic heterocycles. The molecule has 2 aliphatic rings. The van der Waals surface area contributed by atoms with Crippen molar-refractivity contribution in [2.75, 3.05) is 39.4 Å². The molecule has 0 spiro atoms. The van der Waals surface area contributed by atoms with Crippen LogP contribution in [0.2, 0.25) is 0 Å². The number of amides is 1. The molecule has 1 aromatic carbocycles. The lowest BCUT2D eigenvalue weighted by molar-refractivity contribution is -0.135. The first-order chi connectivity index (χ1) is 10.3. The number of morpholine rings is 1. The molecule has 1 amide bonds. The molecule has 21 heavy (non-hydrogen) atoms. The Labute approximate surface area is 125 Å². The normalized spacial score (nSPS) is 22.7. The maximum atomic E-state index is 13.0. The third-order valence-corrected chi connectivity index (χ3v) is 4.49. The van der Waals surface area contributed by atoms with Gasteiger partial charge in [-0.15, -0.1) is 0 Å². The van der Waals surface area contributed by atoms with Gasteiger partial charge in [0.05, 0.1) is 18.6 Å². The zero-order valence-electron chi connectivity index (χ0n) is 12.3. The van der Waals surface area contributed by atoms with E-state index in [0.29, 0.717) is 13.2 Å². The summed E-state index contributed by atoms with van der Waals surface area (Å²) in [5, 5.41) is 5.34. The highest BCUT2D eigenvalue weighted by Crippen LogP contribution is 2.33. The number of piperidine rings is 1. The summed E-state index contributed by atoms with van der Waals surface area (Å²) in [5.41, 5.74) is 3.83. The molecule has 5 nitrogen and oxygen atoms in total. The third-order valence-electron chi connectivity index (χ3n) is 4.49. The van der Waals surface area contributed by atoms with Crippen LogP contribution in [0.25, 0.3) is 0 Å². The van der Waals surface area contributed by atoms with Gasteiger partial charge in [-0.1, -0.05) is 30.3 Å². The predicted octanol–water partition coefficient (Wildman–Crippen LogP) is 0.671. The van der Waals surface area contributed by atoms with Crippen LogP contribution in [-0.4, -0.2) is 50.3 Å². The highest BCUT2D eigenvalue weighted by Gasteiger charge is 2.41. The number of hydrogen-bond donors (Lipinski definition) is 2. The van der Waals surface area contributed by atoms with Crippen molar-refractivity contribution in [2.24, 2.45) is 0 Å². The zero-order valence-corrected chi connectivity index (χ0v) is 12.3. The van der Waals surface area contributed by atoms with Crippen LogP contribution in [0.1, 0.15) is 18.4 Å². The van der Waals surface area contributed by atoms with Gasteiger partial charge in [-0.05, 0) is 31.5 Å². The lowest BCUT2D eigenvalue weighted by Crippen LogP contribution is -2.57. The molecule has 0 aromatic heterocycles. The predicted molar refractivity (Wildman–Crippen MR) is 80.8 cm³/mol. The fourth-order valence-electron chi connectivity index (χ4n) is 3.18. The molecule has 0 saturated carbocycles. The summed E-state index contributed by atoms with van der Waals surface area (Å²) in [5.74, 6) is 0.122. The van der Waals surface area contributed by atoms with Crippen LogP contribution < -0.4 is 10.7 Å². The topological polar surface area (TPSA) is 53.6 Å². The van der Waals surface area contributed by atoms with Gasteiger partial charge >= 0.3 is 0 Å². The van der Waals surface area contributed by atoms with E-state index in [1.165, 1.54) is 0 Å². The first kappa shape index (κ1) is 14.5. The summed E-state index contributed by atoms with van der Waals surface area (Å²) in [7, 11) is 0. The summed E-state index contributed by atoms with van der Waals surface area (Å²) in [6.07, 6.45) is 1.68. The Morgan fingerprint density at radius 1 is 1.14 bits per heavy atom. The maximum Gasteiger partial charge on any atom is 0.245 e. The van der Waals surface area contributed by atoms with E-state index in [1.807, 2.05) is 23.2 Å². The van der Waals surface area contributed by atoms with Gasteiger partial charge in [0.1, 0.15) is 0 Å². The zero-order chi connectivity index (χ0) is 14.5. The molecule has 2 N–H and O–H groups in total. The molecule has 5 heteroatoms. The average molecular weight is 289 g/mol. The van der Waals surface area contributed by atoms with E-state index in [1.54, 1.807) is 0 Å². The van der Waals surface area contributed by atoms with E-state index in [0.717, 1.165) is 44.6 Å². The molecule has 2 saturated heterocycles. The van der Waals surface area contributed by atoms with E-state index in [-0.39, 0.29) is 5.91 Å². The van der Waals surface area contributed by atoms with Crippen molar-refractivity contribution in [1.82, 2.24) is 15.8 Å². The van der Waals surface area contributed by atoms with E-state index < -0.39 is 5.41 Å². The summed E-state index contributed by atoms with van der Waals surface area (Å²) >= 11 is 0. The molecule has 0 bridgehead atoms. The smallest absolute Gasteiger partial charge is 0.245 e. The first-order valence-corrected chi connectivity index (χ1v) is 7.71. The van der Waals surface area contributed by atoms with Crippen LogP contribution in [0, 0.1) is 0 Å². The second kappa shape index (κ2) is 6.56. The Kier molecular flexibility index (Phi) is 4.53. The summed E-state index contributed by atoms with van der Waals surface area (Å²) < 4.78 is 5.33. The number of carbonyl (C=O) groups is 1. The number of nitrogens with zero attached hydrogens (tertiary/aromatic N) is 1. The van der Waals surface area contributed by atoms with Crippen LogP contribution in [0.5, 0.6) is 0 Å². The molecule has 0 unspecified atom stereocenters. The molecule has 2 fully saturated rings.